The zero-order valence-corrected chi connectivity index (χ0v) is 14.5. The van der Waals surface area contributed by atoms with Crippen LogP contribution in [0.15, 0.2) is 54.6 Å². The standard InChI is InChI=1S/C20H21ClN2O/c1-16-5-2-3-8-19(16)22-11-13-23(14-12-22)20(24)10-9-17-6-4-7-18(21)15-17/h2-10,15H,11-14H2,1H3/b10-9+. The highest BCUT2D eigenvalue weighted by atomic mass is 35.5. The average Bonchev–Trinajstić information content (AvgIpc) is 2.60. The molecule has 0 bridgehead atoms. The second-order valence-electron chi connectivity index (χ2n) is 5.99. The normalized spacial score (nSPS) is 15.1. The van der Waals surface area contributed by atoms with Crippen molar-refractivity contribution in [3.05, 3.63) is 70.8 Å². The molecule has 1 aliphatic rings. The van der Waals surface area contributed by atoms with Gasteiger partial charge in [-0.3, -0.25) is 4.79 Å². The Morgan fingerprint density at radius 1 is 1.04 bits per heavy atom. The van der Waals surface area contributed by atoms with Gasteiger partial charge in [0.1, 0.15) is 0 Å². The number of halogens is 1. The van der Waals surface area contributed by atoms with Crippen LogP contribution < -0.4 is 4.90 Å². The Kier molecular flexibility index (Phi) is 5.21. The quantitative estimate of drug-likeness (QED) is 0.788. The van der Waals surface area contributed by atoms with Crippen LogP contribution in [0.2, 0.25) is 5.02 Å². The molecule has 0 saturated carbocycles. The zero-order valence-electron chi connectivity index (χ0n) is 13.8. The van der Waals surface area contributed by atoms with Crippen LogP contribution in [0.4, 0.5) is 5.69 Å². The molecule has 1 saturated heterocycles. The Bertz CT molecular complexity index is 749. The van der Waals surface area contributed by atoms with Crippen molar-refractivity contribution >= 4 is 29.3 Å². The Labute approximate surface area is 148 Å². The van der Waals surface area contributed by atoms with Crippen LogP contribution in [-0.4, -0.2) is 37.0 Å². The van der Waals surface area contributed by atoms with Crippen LogP contribution in [0.5, 0.6) is 0 Å². The molecule has 0 aromatic heterocycles. The van der Waals surface area contributed by atoms with Gasteiger partial charge in [0.05, 0.1) is 0 Å². The van der Waals surface area contributed by atoms with Crippen LogP contribution in [0.3, 0.4) is 0 Å². The highest BCUT2D eigenvalue weighted by Gasteiger charge is 2.20. The molecule has 0 aliphatic carbocycles. The molecule has 124 valence electrons. The number of carbonyl (C=O) groups is 1. The van der Waals surface area contributed by atoms with Crippen molar-refractivity contribution in [2.45, 2.75) is 6.92 Å². The first-order chi connectivity index (χ1) is 11.6. The molecule has 0 radical (unpaired) electrons. The number of hydrogen-bond donors (Lipinski definition) is 0. The number of benzene rings is 2. The monoisotopic (exact) mass is 340 g/mol. The summed E-state index contributed by atoms with van der Waals surface area (Å²) in [7, 11) is 0. The molecule has 0 N–H and O–H groups in total. The Balaban J connectivity index is 1.58. The van der Waals surface area contributed by atoms with Gasteiger partial charge in [0, 0.05) is 43.0 Å². The van der Waals surface area contributed by atoms with Gasteiger partial charge in [0.2, 0.25) is 5.91 Å². The van der Waals surface area contributed by atoms with E-state index in [1.807, 2.05) is 35.2 Å². The lowest BCUT2D eigenvalue weighted by atomic mass is 10.1. The van der Waals surface area contributed by atoms with Gasteiger partial charge >= 0.3 is 0 Å². The van der Waals surface area contributed by atoms with Crippen LogP contribution >= 0.6 is 11.6 Å². The minimum Gasteiger partial charge on any atom is -0.368 e. The maximum absolute atomic E-state index is 12.4. The molecule has 1 fully saturated rings. The van der Waals surface area contributed by atoms with E-state index < -0.39 is 0 Å². The molecule has 24 heavy (non-hydrogen) atoms. The second kappa shape index (κ2) is 7.54. The van der Waals surface area contributed by atoms with E-state index in [9.17, 15) is 4.79 Å². The minimum absolute atomic E-state index is 0.0550. The first kappa shape index (κ1) is 16.6. The van der Waals surface area contributed by atoms with E-state index in [0.717, 1.165) is 31.7 Å². The lowest BCUT2D eigenvalue weighted by Gasteiger charge is -2.36. The highest BCUT2D eigenvalue weighted by Crippen LogP contribution is 2.21. The lowest BCUT2D eigenvalue weighted by molar-refractivity contribution is -0.126. The molecule has 2 aromatic rings. The summed E-state index contributed by atoms with van der Waals surface area (Å²) in [6, 6.07) is 15.9. The third-order valence-electron chi connectivity index (χ3n) is 4.31. The molecular formula is C20H21ClN2O. The van der Waals surface area contributed by atoms with Crippen LogP contribution in [0.25, 0.3) is 6.08 Å². The number of hydrogen-bond acceptors (Lipinski definition) is 2. The van der Waals surface area contributed by atoms with Gasteiger partial charge in [0.15, 0.2) is 0 Å². The maximum Gasteiger partial charge on any atom is 0.246 e. The van der Waals surface area contributed by atoms with Crippen LogP contribution in [-0.2, 0) is 4.79 Å². The number of rotatable bonds is 3. The van der Waals surface area contributed by atoms with Crippen molar-refractivity contribution in [1.82, 2.24) is 4.90 Å². The van der Waals surface area contributed by atoms with Crippen molar-refractivity contribution in [1.29, 1.82) is 0 Å². The summed E-state index contributed by atoms with van der Waals surface area (Å²) in [4.78, 5) is 16.6. The first-order valence-corrected chi connectivity index (χ1v) is 8.54. The van der Waals surface area contributed by atoms with Gasteiger partial charge < -0.3 is 9.80 Å². The smallest absolute Gasteiger partial charge is 0.246 e. The molecule has 0 spiro atoms. The first-order valence-electron chi connectivity index (χ1n) is 8.16. The van der Waals surface area contributed by atoms with Gasteiger partial charge in [-0.15, -0.1) is 0 Å². The summed E-state index contributed by atoms with van der Waals surface area (Å²) in [6.07, 6.45) is 3.46. The number of piperazine rings is 1. The third kappa shape index (κ3) is 3.98. The third-order valence-corrected chi connectivity index (χ3v) is 4.55. The lowest BCUT2D eigenvalue weighted by Crippen LogP contribution is -2.48. The van der Waals surface area contributed by atoms with E-state index in [1.165, 1.54) is 11.3 Å². The molecule has 0 unspecified atom stereocenters. The summed E-state index contributed by atoms with van der Waals surface area (Å²) in [6.45, 7) is 5.34. The van der Waals surface area contributed by atoms with E-state index in [0.29, 0.717) is 5.02 Å². The fourth-order valence-electron chi connectivity index (χ4n) is 2.97. The second-order valence-corrected chi connectivity index (χ2v) is 6.42. The number of aryl methyl sites for hydroxylation is 1. The number of anilines is 1. The average molecular weight is 341 g/mol. The molecule has 1 amide bonds. The number of carbonyl (C=O) groups excluding carboxylic acids is 1. The van der Waals surface area contributed by atoms with Crippen molar-refractivity contribution in [2.75, 3.05) is 31.1 Å². The van der Waals surface area contributed by atoms with Gasteiger partial charge in [-0.1, -0.05) is 41.9 Å². The maximum atomic E-state index is 12.4. The van der Waals surface area contributed by atoms with E-state index in [2.05, 4.69) is 36.1 Å². The Morgan fingerprint density at radius 3 is 2.50 bits per heavy atom. The van der Waals surface area contributed by atoms with Gasteiger partial charge in [-0.05, 0) is 42.3 Å². The van der Waals surface area contributed by atoms with E-state index in [1.54, 1.807) is 6.08 Å². The molecule has 3 rings (SSSR count). The van der Waals surface area contributed by atoms with E-state index in [4.69, 9.17) is 11.6 Å². The predicted molar refractivity (Wildman–Crippen MR) is 100 cm³/mol. The molecule has 1 aliphatic heterocycles. The predicted octanol–water partition coefficient (Wildman–Crippen LogP) is 4.01. The fourth-order valence-corrected chi connectivity index (χ4v) is 3.17. The van der Waals surface area contributed by atoms with Gasteiger partial charge in [0.25, 0.3) is 0 Å². The van der Waals surface area contributed by atoms with E-state index >= 15 is 0 Å². The molecule has 3 nitrogen and oxygen atoms in total. The largest absolute Gasteiger partial charge is 0.368 e. The summed E-state index contributed by atoms with van der Waals surface area (Å²) in [5, 5.41) is 0.677. The molecule has 1 heterocycles. The SMILES string of the molecule is Cc1ccccc1N1CCN(C(=O)/C=C/c2cccc(Cl)c2)CC1. The highest BCUT2D eigenvalue weighted by molar-refractivity contribution is 6.30. The fraction of sp³-hybridized carbons (Fsp3) is 0.250. The van der Waals surface area contributed by atoms with Gasteiger partial charge in [-0.2, -0.15) is 0 Å². The molecule has 0 atom stereocenters. The van der Waals surface area contributed by atoms with Crippen molar-refractivity contribution < 1.29 is 4.79 Å². The summed E-state index contributed by atoms with van der Waals surface area (Å²) < 4.78 is 0. The number of nitrogens with zero attached hydrogens (tertiary/aromatic N) is 2. The summed E-state index contributed by atoms with van der Waals surface area (Å²) >= 11 is 5.96. The van der Waals surface area contributed by atoms with Crippen molar-refractivity contribution in [3.63, 3.8) is 0 Å². The number of para-hydroxylation sites is 1. The van der Waals surface area contributed by atoms with Crippen LogP contribution in [0, 0.1) is 6.92 Å². The summed E-state index contributed by atoms with van der Waals surface area (Å²) in [5.74, 6) is 0.0550. The van der Waals surface area contributed by atoms with Crippen molar-refractivity contribution in [3.8, 4) is 0 Å². The van der Waals surface area contributed by atoms with E-state index in [-0.39, 0.29) is 5.91 Å². The Morgan fingerprint density at radius 2 is 1.79 bits per heavy atom. The van der Waals surface area contributed by atoms with Crippen LogP contribution in [0.1, 0.15) is 11.1 Å². The summed E-state index contributed by atoms with van der Waals surface area (Å²) in [5.41, 5.74) is 3.48. The molecule has 4 heteroatoms. The Hall–Kier alpha value is -2.26. The van der Waals surface area contributed by atoms with Crippen molar-refractivity contribution in [2.24, 2.45) is 0 Å². The molecular weight excluding hydrogens is 320 g/mol. The zero-order chi connectivity index (χ0) is 16.9. The minimum atomic E-state index is 0.0550. The van der Waals surface area contributed by atoms with Gasteiger partial charge in [-0.25, -0.2) is 0 Å². The molecule has 2 aromatic carbocycles. The number of amides is 1. The topological polar surface area (TPSA) is 23.6 Å².